The number of carbonyl (C=O) groups is 1. The van der Waals surface area contributed by atoms with E-state index in [0.29, 0.717) is 0 Å². The van der Waals surface area contributed by atoms with Crippen LogP contribution in [0.2, 0.25) is 0 Å². The van der Waals surface area contributed by atoms with Crippen LogP contribution in [0.4, 0.5) is 8.78 Å². The molecule has 2 aromatic rings. The third kappa shape index (κ3) is 2.79. The summed E-state index contributed by atoms with van der Waals surface area (Å²) in [5.74, 6) is -2.65. The van der Waals surface area contributed by atoms with Crippen LogP contribution in [0.3, 0.4) is 0 Å². The van der Waals surface area contributed by atoms with Gasteiger partial charge in [-0.25, -0.2) is 18.6 Å². The first kappa shape index (κ1) is 14.1. The van der Waals surface area contributed by atoms with Gasteiger partial charge in [0.05, 0.1) is 0 Å². The molecule has 0 saturated carbocycles. The topological polar surface area (TPSA) is 38.7 Å². The summed E-state index contributed by atoms with van der Waals surface area (Å²) in [4.78, 5) is 15.9. The number of hydrogen-bond acceptors (Lipinski definition) is 3. The van der Waals surface area contributed by atoms with E-state index in [-0.39, 0.29) is 17.2 Å². The molecule has 0 N–H and O–H groups in total. The van der Waals surface area contributed by atoms with E-state index >= 15 is 0 Å². The van der Waals surface area contributed by atoms with Crippen molar-refractivity contribution in [1.29, 1.82) is 0 Å². The first-order valence-electron chi connectivity index (χ1n) is 6.57. The minimum Gasteiger partial charge on any atom is -0.402 e. The van der Waals surface area contributed by atoms with Crippen molar-refractivity contribution in [1.82, 2.24) is 0 Å². The van der Waals surface area contributed by atoms with Gasteiger partial charge in [0.15, 0.2) is 17.3 Å². The largest absolute Gasteiger partial charge is 0.402 e. The zero-order valence-electron chi connectivity index (χ0n) is 11.6. The molecule has 3 nitrogen and oxygen atoms in total. The van der Waals surface area contributed by atoms with Gasteiger partial charge in [-0.3, -0.25) is 0 Å². The Bertz CT molecular complexity index is 825. The number of halogens is 2. The molecule has 1 heterocycles. The van der Waals surface area contributed by atoms with Gasteiger partial charge in [0.1, 0.15) is 0 Å². The van der Waals surface area contributed by atoms with Crippen molar-refractivity contribution < 1.29 is 18.3 Å². The lowest BCUT2D eigenvalue weighted by atomic mass is 10.1. The molecule has 110 valence electrons. The number of esters is 1. The molecule has 5 heteroatoms. The minimum atomic E-state index is -1.02. The van der Waals surface area contributed by atoms with Crippen LogP contribution >= 0.6 is 0 Å². The number of aryl methyl sites for hydroxylation is 1. The lowest BCUT2D eigenvalue weighted by Crippen LogP contribution is -2.06. The molecule has 0 amide bonds. The van der Waals surface area contributed by atoms with Crippen molar-refractivity contribution in [2.75, 3.05) is 0 Å². The average Bonchev–Trinajstić information content (AvgIpc) is 2.83. The summed E-state index contributed by atoms with van der Waals surface area (Å²) >= 11 is 0. The van der Waals surface area contributed by atoms with E-state index < -0.39 is 17.6 Å². The maximum Gasteiger partial charge on any atom is 0.363 e. The number of rotatable bonds is 2. The monoisotopic (exact) mass is 299 g/mol. The summed E-state index contributed by atoms with van der Waals surface area (Å²) in [6.45, 7) is 1.94. The minimum absolute atomic E-state index is 0.0391. The number of benzene rings is 2. The molecule has 0 unspecified atom stereocenters. The van der Waals surface area contributed by atoms with Crippen LogP contribution in [0, 0.1) is 18.6 Å². The van der Waals surface area contributed by atoms with E-state index in [1.807, 2.05) is 31.2 Å². The van der Waals surface area contributed by atoms with Gasteiger partial charge in [0.25, 0.3) is 0 Å². The molecule has 0 radical (unpaired) electrons. The molecule has 0 bridgehead atoms. The Hall–Kier alpha value is -2.82. The highest BCUT2D eigenvalue weighted by molar-refractivity contribution is 6.12. The van der Waals surface area contributed by atoms with Crippen molar-refractivity contribution in [3.63, 3.8) is 0 Å². The van der Waals surface area contributed by atoms with Crippen molar-refractivity contribution in [3.8, 4) is 0 Å². The Kier molecular flexibility index (Phi) is 3.55. The second kappa shape index (κ2) is 5.52. The number of cyclic esters (lactones) is 1. The average molecular weight is 299 g/mol. The second-order valence-corrected chi connectivity index (χ2v) is 4.88. The molecular weight excluding hydrogens is 288 g/mol. The SMILES string of the molecule is Cc1cccc(/C=C2/N=C(c3ccc(F)c(F)c3)OC2=O)c1. The fraction of sp³-hybridized carbons (Fsp3) is 0.0588. The van der Waals surface area contributed by atoms with Crippen LogP contribution < -0.4 is 0 Å². The van der Waals surface area contributed by atoms with Gasteiger partial charge in [0.2, 0.25) is 5.90 Å². The highest BCUT2D eigenvalue weighted by atomic mass is 19.2. The summed E-state index contributed by atoms with van der Waals surface area (Å²) in [5.41, 5.74) is 2.18. The summed E-state index contributed by atoms with van der Waals surface area (Å²) in [7, 11) is 0. The predicted molar refractivity (Wildman–Crippen MR) is 78.1 cm³/mol. The maximum absolute atomic E-state index is 13.2. The molecule has 1 aliphatic rings. The van der Waals surface area contributed by atoms with Gasteiger partial charge >= 0.3 is 5.97 Å². The van der Waals surface area contributed by atoms with E-state index in [9.17, 15) is 13.6 Å². The summed E-state index contributed by atoms with van der Waals surface area (Å²) in [5, 5.41) is 0. The van der Waals surface area contributed by atoms with E-state index in [2.05, 4.69) is 4.99 Å². The molecule has 0 atom stereocenters. The van der Waals surface area contributed by atoms with E-state index in [1.165, 1.54) is 6.07 Å². The number of carbonyl (C=O) groups excluding carboxylic acids is 1. The zero-order valence-corrected chi connectivity index (χ0v) is 11.6. The van der Waals surface area contributed by atoms with E-state index in [1.54, 1.807) is 6.08 Å². The molecule has 1 aliphatic heterocycles. The molecule has 0 saturated heterocycles. The number of hydrogen-bond donors (Lipinski definition) is 0. The fourth-order valence-electron chi connectivity index (χ4n) is 2.08. The lowest BCUT2D eigenvalue weighted by Gasteiger charge is -1.99. The van der Waals surface area contributed by atoms with Crippen LogP contribution in [0.1, 0.15) is 16.7 Å². The standard InChI is InChI=1S/C17H11F2NO2/c1-10-3-2-4-11(7-10)8-15-17(21)22-16(20-15)12-5-6-13(18)14(19)9-12/h2-9H,1H3/b15-8+. The smallest absolute Gasteiger partial charge is 0.363 e. The Morgan fingerprint density at radius 3 is 2.64 bits per heavy atom. The van der Waals surface area contributed by atoms with Gasteiger partial charge < -0.3 is 4.74 Å². The first-order valence-corrected chi connectivity index (χ1v) is 6.57. The summed E-state index contributed by atoms with van der Waals surface area (Å²) in [6.07, 6.45) is 1.59. The molecule has 0 fully saturated rings. The van der Waals surface area contributed by atoms with Crippen molar-refractivity contribution in [3.05, 3.63) is 76.5 Å². The van der Waals surface area contributed by atoms with Gasteiger partial charge in [0, 0.05) is 5.56 Å². The van der Waals surface area contributed by atoms with Crippen LogP contribution in [0.25, 0.3) is 6.08 Å². The maximum atomic E-state index is 13.2. The Morgan fingerprint density at radius 1 is 1.09 bits per heavy atom. The Labute approximate surface area is 125 Å². The van der Waals surface area contributed by atoms with E-state index in [4.69, 9.17) is 4.74 Å². The highest BCUT2D eigenvalue weighted by Gasteiger charge is 2.24. The van der Waals surface area contributed by atoms with Gasteiger partial charge in [-0.05, 0) is 36.8 Å². The molecule has 22 heavy (non-hydrogen) atoms. The summed E-state index contributed by atoms with van der Waals surface area (Å²) < 4.78 is 31.2. The third-order valence-corrected chi connectivity index (χ3v) is 3.13. The second-order valence-electron chi connectivity index (χ2n) is 4.88. The van der Waals surface area contributed by atoms with Gasteiger partial charge in [-0.2, -0.15) is 0 Å². The van der Waals surface area contributed by atoms with Crippen molar-refractivity contribution in [2.24, 2.45) is 4.99 Å². The van der Waals surface area contributed by atoms with Gasteiger partial charge in [-0.15, -0.1) is 0 Å². The Balaban J connectivity index is 1.96. The molecule has 3 rings (SSSR count). The van der Waals surface area contributed by atoms with Crippen LogP contribution in [0.15, 0.2) is 53.2 Å². The molecule has 0 aromatic heterocycles. The van der Waals surface area contributed by atoms with Crippen molar-refractivity contribution >= 4 is 17.9 Å². The fourth-order valence-corrected chi connectivity index (χ4v) is 2.08. The third-order valence-electron chi connectivity index (χ3n) is 3.13. The molecule has 0 aliphatic carbocycles. The lowest BCUT2D eigenvalue weighted by molar-refractivity contribution is -0.129. The van der Waals surface area contributed by atoms with Crippen LogP contribution in [-0.2, 0) is 9.53 Å². The normalized spacial score (nSPS) is 15.9. The molecule has 2 aromatic carbocycles. The first-order chi connectivity index (χ1) is 10.5. The van der Waals surface area contributed by atoms with Crippen molar-refractivity contribution in [2.45, 2.75) is 6.92 Å². The van der Waals surface area contributed by atoms with Crippen LogP contribution in [-0.4, -0.2) is 11.9 Å². The van der Waals surface area contributed by atoms with E-state index in [0.717, 1.165) is 23.3 Å². The number of ether oxygens (including phenoxy) is 1. The van der Waals surface area contributed by atoms with Crippen LogP contribution in [0.5, 0.6) is 0 Å². The molecule has 0 spiro atoms. The zero-order chi connectivity index (χ0) is 15.7. The Morgan fingerprint density at radius 2 is 1.91 bits per heavy atom. The molecular formula is C17H11F2NO2. The van der Waals surface area contributed by atoms with Gasteiger partial charge in [-0.1, -0.05) is 29.8 Å². The predicted octanol–water partition coefficient (Wildman–Crippen LogP) is 3.62. The number of aliphatic imine (C=N–C) groups is 1. The highest BCUT2D eigenvalue weighted by Crippen LogP contribution is 2.20. The number of nitrogens with zero attached hydrogens (tertiary/aromatic N) is 1. The summed E-state index contributed by atoms with van der Waals surface area (Å²) in [6, 6.07) is 10.7. The quantitative estimate of drug-likeness (QED) is 0.627.